The van der Waals surface area contributed by atoms with E-state index in [1.807, 2.05) is 13.8 Å². The Morgan fingerprint density at radius 3 is 2.78 bits per heavy atom. The monoisotopic (exact) mass is 337 g/mol. The van der Waals surface area contributed by atoms with Crippen molar-refractivity contribution in [3.63, 3.8) is 0 Å². The van der Waals surface area contributed by atoms with Crippen molar-refractivity contribution < 1.29 is 22.7 Å². The minimum Gasteiger partial charge on any atom is -0.481 e. The summed E-state index contributed by atoms with van der Waals surface area (Å²) in [6.45, 7) is 3.87. The minimum atomic E-state index is -3.75. The van der Waals surface area contributed by atoms with E-state index >= 15 is 0 Å². The highest BCUT2D eigenvalue weighted by molar-refractivity contribution is 7.89. The van der Waals surface area contributed by atoms with Crippen LogP contribution < -0.4 is 0 Å². The lowest BCUT2D eigenvalue weighted by molar-refractivity contribution is -0.138. The molecule has 0 aliphatic carbocycles. The second-order valence-corrected chi connectivity index (χ2v) is 8.44. The number of nitrogens with zero attached hydrogens (tertiary/aromatic N) is 1. The summed E-state index contributed by atoms with van der Waals surface area (Å²) in [4.78, 5) is 11.1. The molecule has 0 radical (unpaired) electrons. The lowest BCUT2D eigenvalue weighted by Crippen LogP contribution is -2.42. The number of hydrogen-bond acceptors (Lipinski definition) is 4. The maximum absolute atomic E-state index is 13.1. The maximum Gasteiger partial charge on any atom is 0.303 e. The van der Waals surface area contributed by atoms with Gasteiger partial charge in [-0.05, 0) is 38.3 Å². The molecule has 1 atom stereocenters. The zero-order valence-electron chi connectivity index (χ0n) is 13.0. The van der Waals surface area contributed by atoms with Crippen LogP contribution in [0.25, 0.3) is 11.0 Å². The Morgan fingerprint density at radius 2 is 2.09 bits per heavy atom. The quantitative estimate of drug-likeness (QED) is 0.927. The number of rotatable bonds is 4. The van der Waals surface area contributed by atoms with Gasteiger partial charge in [0.25, 0.3) is 0 Å². The van der Waals surface area contributed by atoms with E-state index in [-0.39, 0.29) is 23.8 Å². The van der Waals surface area contributed by atoms with Crippen molar-refractivity contribution in [1.29, 1.82) is 0 Å². The van der Waals surface area contributed by atoms with Gasteiger partial charge in [0.1, 0.15) is 16.7 Å². The fourth-order valence-electron chi connectivity index (χ4n) is 3.43. The predicted molar refractivity (Wildman–Crippen MR) is 84.5 cm³/mol. The molecule has 2 aromatic rings. The zero-order chi connectivity index (χ0) is 16.8. The van der Waals surface area contributed by atoms with Gasteiger partial charge in [0.15, 0.2) is 0 Å². The van der Waals surface area contributed by atoms with Gasteiger partial charge in [0.05, 0.1) is 0 Å². The topological polar surface area (TPSA) is 87.8 Å². The fourth-order valence-corrected chi connectivity index (χ4v) is 5.42. The molecule has 2 heterocycles. The first-order valence-electron chi connectivity index (χ1n) is 7.43. The van der Waals surface area contributed by atoms with Crippen LogP contribution in [0.5, 0.6) is 0 Å². The molecule has 1 aromatic carbocycles. The molecular formula is C16H19NO5S. The second kappa shape index (κ2) is 5.35. The molecule has 1 aliphatic heterocycles. The van der Waals surface area contributed by atoms with Crippen LogP contribution in [0.1, 0.15) is 26.7 Å². The highest BCUT2D eigenvalue weighted by atomic mass is 32.2. The molecule has 0 amide bonds. The van der Waals surface area contributed by atoms with Gasteiger partial charge in [0, 0.05) is 23.9 Å². The van der Waals surface area contributed by atoms with Gasteiger partial charge in [-0.25, -0.2) is 8.42 Å². The fraction of sp³-hybridized carbons (Fsp3) is 0.438. The average molecular weight is 337 g/mol. The van der Waals surface area contributed by atoms with Crippen LogP contribution >= 0.6 is 0 Å². The van der Waals surface area contributed by atoms with Crippen LogP contribution in [0, 0.1) is 5.92 Å². The summed E-state index contributed by atoms with van der Waals surface area (Å²) >= 11 is 0. The molecule has 0 spiro atoms. The van der Waals surface area contributed by atoms with Crippen LogP contribution in [0.4, 0.5) is 0 Å². The number of benzene rings is 1. The molecule has 0 saturated carbocycles. The number of hydrogen-bond donors (Lipinski definition) is 1. The third-order valence-electron chi connectivity index (χ3n) is 4.36. The highest BCUT2D eigenvalue weighted by Crippen LogP contribution is 2.40. The first kappa shape index (κ1) is 16.0. The van der Waals surface area contributed by atoms with Gasteiger partial charge in [-0.15, -0.1) is 0 Å². The molecule has 1 aromatic heterocycles. The number of carboxylic acid groups (broad SMARTS) is 1. The first-order valence-corrected chi connectivity index (χ1v) is 8.87. The number of para-hydroxylation sites is 1. The normalized spacial score (nSPS) is 21.7. The average Bonchev–Trinajstić information content (AvgIpc) is 2.99. The Bertz CT molecular complexity index is 852. The summed E-state index contributed by atoms with van der Waals surface area (Å²) in [6.07, 6.45) is 1.76. The number of carboxylic acids is 1. The van der Waals surface area contributed by atoms with Crippen molar-refractivity contribution in [2.75, 3.05) is 6.54 Å². The molecule has 6 nitrogen and oxygen atoms in total. The number of fused-ring (bicyclic) bond motifs is 1. The molecule has 1 N–H and O–H groups in total. The largest absolute Gasteiger partial charge is 0.481 e. The van der Waals surface area contributed by atoms with Crippen molar-refractivity contribution in [2.24, 2.45) is 5.92 Å². The van der Waals surface area contributed by atoms with Crippen molar-refractivity contribution in [3.05, 3.63) is 30.5 Å². The minimum absolute atomic E-state index is 0.0262. The first-order chi connectivity index (χ1) is 10.7. The second-order valence-electron chi connectivity index (χ2n) is 6.61. The summed E-state index contributed by atoms with van der Waals surface area (Å²) in [6, 6.07) is 6.98. The van der Waals surface area contributed by atoms with Crippen LogP contribution in [0.15, 0.2) is 39.8 Å². The Kier molecular flexibility index (Phi) is 3.72. The molecule has 1 fully saturated rings. The third kappa shape index (κ3) is 2.74. The smallest absolute Gasteiger partial charge is 0.303 e. The standard InChI is InChI=1S/C16H19NO5S/c1-16(2)8-11(7-15(18)19)9-17(16)23(20,21)14-10-22-13-6-4-3-5-12(13)14/h3-6,10-11H,7-9H2,1-2H3,(H,18,19). The molecule has 0 bridgehead atoms. The van der Waals surface area contributed by atoms with Crippen LogP contribution in [0.3, 0.4) is 0 Å². The van der Waals surface area contributed by atoms with Gasteiger partial charge in [-0.1, -0.05) is 12.1 Å². The summed E-state index contributed by atoms with van der Waals surface area (Å²) < 4.78 is 32.9. The van der Waals surface area contributed by atoms with Gasteiger partial charge in [0.2, 0.25) is 10.0 Å². The lowest BCUT2D eigenvalue weighted by Gasteiger charge is -2.30. The molecular weight excluding hydrogens is 318 g/mol. The third-order valence-corrected chi connectivity index (χ3v) is 6.46. The number of furan rings is 1. The van der Waals surface area contributed by atoms with Gasteiger partial charge >= 0.3 is 5.97 Å². The number of carbonyl (C=O) groups is 1. The molecule has 7 heteroatoms. The Labute approximate surface area is 134 Å². The molecule has 1 saturated heterocycles. The Morgan fingerprint density at radius 1 is 1.39 bits per heavy atom. The van der Waals surface area contributed by atoms with Crippen LogP contribution in [-0.4, -0.2) is 35.9 Å². The molecule has 23 heavy (non-hydrogen) atoms. The SMILES string of the molecule is CC1(C)CC(CC(=O)O)CN1S(=O)(=O)c1coc2ccccc12. The molecule has 1 unspecified atom stereocenters. The summed E-state index contributed by atoms with van der Waals surface area (Å²) in [7, 11) is -3.75. The van der Waals surface area contributed by atoms with E-state index in [2.05, 4.69) is 0 Å². The molecule has 3 rings (SSSR count). The van der Waals surface area contributed by atoms with E-state index in [1.54, 1.807) is 24.3 Å². The van der Waals surface area contributed by atoms with Gasteiger partial charge in [-0.2, -0.15) is 4.31 Å². The van der Waals surface area contributed by atoms with Crippen molar-refractivity contribution in [3.8, 4) is 0 Å². The molecule has 1 aliphatic rings. The summed E-state index contributed by atoms with van der Waals surface area (Å²) in [5, 5.41) is 9.52. The van der Waals surface area contributed by atoms with E-state index in [0.29, 0.717) is 17.4 Å². The van der Waals surface area contributed by atoms with Crippen molar-refractivity contribution >= 4 is 27.0 Å². The highest BCUT2D eigenvalue weighted by Gasteiger charge is 2.46. The van der Waals surface area contributed by atoms with E-state index in [0.717, 1.165) is 0 Å². The number of aliphatic carboxylic acids is 1. The van der Waals surface area contributed by atoms with Crippen LogP contribution in [0.2, 0.25) is 0 Å². The molecule has 124 valence electrons. The van der Waals surface area contributed by atoms with E-state index in [9.17, 15) is 13.2 Å². The Balaban J connectivity index is 2.00. The van der Waals surface area contributed by atoms with Gasteiger partial charge in [-0.3, -0.25) is 4.79 Å². The van der Waals surface area contributed by atoms with Crippen molar-refractivity contribution in [1.82, 2.24) is 4.31 Å². The summed E-state index contributed by atoms with van der Waals surface area (Å²) in [5.74, 6) is -1.09. The van der Waals surface area contributed by atoms with Crippen molar-refractivity contribution in [2.45, 2.75) is 37.1 Å². The number of sulfonamides is 1. The lowest BCUT2D eigenvalue weighted by atomic mass is 9.95. The van der Waals surface area contributed by atoms with Crippen LogP contribution in [-0.2, 0) is 14.8 Å². The Hall–Kier alpha value is -1.86. The van der Waals surface area contributed by atoms with Gasteiger partial charge < -0.3 is 9.52 Å². The van der Waals surface area contributed by atoms with E-state index < -0.39 is 21.5 Å². The maximum atomic E-state index is 13.1. The van der Waals surface area contributed by atoms with E-state index in [1.165, 1.54) is 10.6 Å². The summed E-state index contributed by atoms with van der Waals surface area (Å²) in [5.41, 5.74) is -0.109. The predicted octanol–water partition coefficient (Wildman–Crippen LogP) is 2.70. The van der Waals surface area contributed by atoms with E-state index in [4.69, 9.17) is 9.52 Å². The zero-order valence-corrected chi connectivity index (χ0v) is 13.8.